The van der Waals surface area contributed by atoms with Crippen molar-refractivity contribution in [1.29, 1.82) is 0 Å². The Morgan fingerprint density at radius 1 is 0.157 bits per heavy atom. The molecule has 6 heteroatoms. The largest absolute Gasteiger partial charge is 0.455 e. The molecular formula is C128H80N2O2S2. The lowest BCUT2D eigenvalue weighted by molar-refractivity contribution is 0.672. The van der Waals surface area contributed by atoms with Crippen LogP contribution in [-0.2, 0) is 0 Å². The van der Waals surface area contributed by atoms with E-state index in [0.717, 1.165) is 172 Å². The fourth-order valence-corrected chi connectivity index (χ4v) is 22.8. The van der Waals surface area contributed by atoms with E-state index in [9.17, 15) is 0 Å². The Kier molecular flexibility index (Phi) is 19.0. The van der Waals surface area contributed by atoms with E-state index >= 15 is 0 Å². The Labute approximate surface area is 782 Å². The molecule has 4 heterocycles. The Bertz CT molecular complexity index is 9090. The molecule has 0 N–H and O–H groups in total. The molecule has 0 radical (unpaired) electrons. The van der Waals surface area contributed by atoms with Gasteiger partial charge in [-0.25, -0.2) is 0 Å². The van der Waals surface area contributed by atoms with Gasteiger partial charge in [-0.05, 0) is 268 Å². The van der Waals surface area contributed by atoms with Crippen molar-refractivity contribution in [2.75, 3.05) is 9.80 Å². The van der Waals surface area contributed by atoms with E-state index in [1.807, 2.05) is 22.7 Å². The predicted molar refractivity (Wildman–Crippen MR) is 571 cm³/mol. The Morgan fingerprint density at radius 2 is 0.478 bits per heavy atom. The fourth-order valence-electron chi connectivity index (χ4n) is 20.6. The maximum absolute atomic E-state index is 7.15. The summed E-state index contributed by atoms with van der Waals surface area (Å²) in [7, 11) is 0. The summed E-state index contributed by atoms with van der Waals surface area (Å²) in [6.07, 6.45) is 0. The molecule has 0 aliphatic heterocycles. The van der Waals surface area contributed by atoms with Crippen LogP contribution in [0.15, 0.2) is 494 Å². The van der Waals surface area contributed by atoms with Crippen molar-refractivity contribution in [3.63, 3.8) is 0 Å². The van der Waals surface area contributed by atoms with E-state index in [1.165, 1.54) is 90.4 Å². The molecule has 26 rings (SSSR count). The van der Waals surface area contributed by atoms with Gasteiger partial charge in [0.15, 0.2) is 0 Å². The lowest BCUT2D eigenvalue weighted by atomic mass is 9.91. The van der Waals surface area contributed by atoms with E-state index in [1.54, 1.807) is 0 Å². The SMILES string of the molecule is c1ccc(-c2ccc(-c3ccc(N(c4ccc(-c5ccc6sc7ccc(-c8ccc9c(ccc%10c9oc9cccc(-c%11ccccc%11N(c%11ccc(-c%12ccc(-c%13ccccc%13)c(-c%13ccccc%13)c%12)cc%11)c%11ccc(-c%12ccc%13c(c%12)sc%12ccccc%12%13)cc%11)c9%10)c8)cc7c6c5)cc4)c4ccccc4-c4cccc5oc6c7ccccc7ccc6c45)cc3)cc2-c2ccccc2)cc1. The summed E-state index contributed by atoms with van der Waals surface area (Å²) in [5.74, 6) is 0. The third-order valence-corrected chi connectivity index (χ3v) is 29.4. The van der Waals surface area contributed by atoms with Crippen LogP contribution >= 0.6 is 22.7 Å². The monoisotopic (exact) mass is 1740 g/mol. The van der Waals surface area contributed by atoms with Crippen molar-refractivity contribution in [3.8, 4) is 122 Å². The summed E-state index contributed by atoms with van der Waals surface area (Å²) in [4.78, 5) is 4.85. The molecule has 0 saturated heterocycles. The molecule has 0 bridgehead atoms. The third-order valence-electron chi connectivity index (χ3n) is 27.1. The van der Waals surface area contributed by atoms with Gasteiger partial charge < -0.3 is 18.6 Å². The van der Waals surface area contributed by atoms with Gasteiger partial charge >= 0.3 is 0 Å². The maximum Gasteiger partial charge on any atom is 0.143 e. The summed E-state index contributed by atoms with van der Waals surface area (Å²) >= 11 is 3.70. The number of hydrogen-bond donors (Lipinski definition) is 0. The molecule has 0 saturated carbocycles. The second-order valence-corrected chi connectivity index (χ2v) is 37.0. The molecule has 0 aliphatic carbocycles. The van der Waals surface area contributed by atoms with Gasteiger partial charge in [0.1, 0.15) is 22.3 Å². The van der Waals surface area contributed by atoms with Crippen molar-refractivity contribution >= 4 is 163 Å². The third kappa shape index (κ3) is 13.6. The number of furan rings is 2. The van der Waals surface area contributed by atoms with Crippen LogP contribution in [0.4, 0.5) is 34.1 Å². The van der Waals surface area contributed by atoms with Crippen LogP contribution < -0.4 is 9.80 Å². The van der Waals surface area contributed by atoms with Gasteiger partial charge in [-0.1, -0.05) is 340 Å². The highest BCUT2D eigenvalue weighted by atomic mass is 32.1. The first kappa shape index (κ1) is 78.1. The van der Waals surface area contributed by atoms with Crippen molar-refractivity contribution < 1.29 is 8.83 Å². The number of rotatable bonds is 17. The van der Waals surface area contributed by atoms with Crippen LogP contribution in [0, 0.1) is 0 Å². The second-order valence-electron chi connectivity index (χ2n) is 34.8. The Morgan fingerprint density at radius 3 is 0.963 bits per heavy atom. The molecule has 134 heavy (non-hydrogen) atoms. The van der Waals surface area contributed by atoms with Gasteiger partial charge in [0.2, 0.25) is 0 Å². The molecule has 0 aliphatic rings. The van der Waals surface area contributed by atoms with Crippen molar-refractivity contribution in [2.24, 2.45) is 0 Å². The minimum atomic E-state index is 0.839. The zero-order valence-electron chi connectivity index (χ0n) is 72.7. The summed E-state index contributed by atoms with van der Waals surface area (Å²) in [6.45, 7) is 0. The minimum absolute atomic E-state index is 0.839. The maximum atomic E-state index is 7.15. The van der Waals surface area contributed by atoms with E-state index in [2.05, 4.69) is 495 Å². The summed E-state index contributed by atoms with van der Waals surface area (Å²) in [6, 6.07) is 178. The number of para-hydroxylation sites is 2. The number of hydrogen-bond acceptors (Lipinski definition) is 6. The van der Waals surface area contributed by atoms with E-state index in [-0.39, 0.29) is 0 Å². The highest BCUT2D eigenvalue weighted by Crippen LogP contribution is 2.52. The van der Waals surface area contributed by atoms with E-state index in [0.29, 0.717) is 0 Å². The lowest BCUT2D eigenvalue weighted by Crippen LogP contribution is -2.11. The number of fused-ring (bicyclic) bond motifs is 16. The Balaban J connectivity index is 0.533. The summed E-state index contributed by atoms with van der Waals surface area (Å²) < 4.78 is 19.1. The molecule has 0 unspecified atom stereocenters. The van der Waals surface area contributed by atoms with Crippen LogP contribution in [0.1, 0.15) is 0 Å². The number of thiophene rings is 2. The predicted octanol–water partition coefficient (Wildman–Crippen LogP) is 37.8. The van der Waals surface area contributed by atoms with Gasteiger partial charge in [0.25, 0.3) is 0 Å². The molecule has 22 aromatic carbocycles. The molecule has 0 amide bonds. The standard InChI is InChI=1S/C128H80N2O2S2/c1-5-23-85(24-6-1)101-67-52-91(76-113(101)87-27-9-3-10-28-87)81-43-59-97(60-44-81)129(117-38-18-15-33-105(117)109-36-21-40-119-125(109)111-71-51-89-31-13-14-32-103(89)127(111)131-119)99-63-47-83(48-64-99)93-57-73-122-115(78-93)116-79-94(58-74-123(116)133-122)90-54-69-104-96(75-90)56-72-112-126-110(37-22-41-120(126)132-128(104)112)106-34-16-19-39-118(106)130(100-65-49-84(50-66-100)95-55-70-108-107-35-17-20-42-121(107)134-124(108)80-95)98-61-45-82(46-62-98)92-53-68-102(86-25-7-2-8-26-86)114(77-92)88-29-11-4-12-30-88/h1-80H. The Hall–Kier alpha value is -17.0. The first-order valence-electron chi connectivity index (χ1n) is 45.7. The first-order valence-corrected chi connectivity index (χ1v) is 47.3. The van der Waals surface area contributed by atoms with Crippen molar-refractivity contribution in [3.05, 3.63) is 485 Å². The first-order chi connectivity index (χ1) is 66.4. The number of nitrogens with zero attached hydrogens (tertiary/aromatic N) is 2. The van der Waals surface area contributed by atoms with Gasteiger partial charge in [0.05, 0.1) is 11.4 Å². The average Bonchev–Trinajstić information content (AvgIpc) is 1.55. The zero-order chi connectivity index (χ0) is 88.3. The second kappa shape index (κ2) is 32.6. The van der Waals surface area contributed by atoms with Crippen LogP contribution in [0.25, 0.3) is 228 Å². The average molecular weight is 1740 g/mol. The zero-order valence-corrected chi connectivity index (χ0v) is 74.3. The number of benzene rings is 22. The van der Waals surface area contributed by atoms with Crippen LogP contribution in [0.3, 0.4) is 0 Å². The quantitative estimate of drug-likeness (QED) is 0.0910. The molecule has 4 aromatic heterocycles. The van der Waals surface area contributed by atoms with Crippen LogP contribution in [-0.4, -0.2) is 0 Å². The minimum Gasteiger partial charge on any atom is -0.455 e. The molecule has 0 atom stereocenters. The molecule has 0 spiro atoms. The van der Waals surface area contributed by atoms with Crippen molar-refractivity contribution in [2.45, 2.75) is 0 Å². The summed E-state index contributed by atoms with van der Waals surface area (Å²) in [5, 5.41) is 13.8. The van der Waals surface area contributed by atoms with Gasteiger partial charge in [-0.2, -0.15) is 0 Å². The normalized spacial score (nSPS) is 11.7. The van der Waals surface area contributed by atoms with Gasteiger partial charge in [0, 0.05) is 107 Å². The van der Waals surface area contributed by atoms with E-state index < -0.39 is 0 Å². The van der Waals surface area contributed by atoms with Gasteiger partial charge in [-0.3, -0.25) is 0 Å². The van der Waals surface area contributed by atoms with E-state index in [4.69, 9.17) is 8.83 Å². The fraction of sp³-hybridized carbons (Fsp3) is 0. The van der Waals surface area contributed by atoms with Crippen LogP contribution in [0.5, 0.6) is 0 Å². The molecule has 4 nitrogen and oxygen atoms in total. The van der Waals surface area contributed by atoms with Crippen LogP contribution in [0.2, 0.25) is 0 Å². The molecule has 26 aromatic rings. The molecular weight excluding hydrogens is 1660 g/mol. The molecule has 626 valence electrons. The van der Waals surface area contributed by atoms with Gasteiger partial charge in [-0.15, -0.1) is 22.7 Å². The highest BCUT2D eigenvalue weighted by molar-refractivity contribution is 7.26. The topological polar surface area (TPSA) is 32.8 Å². The lowest BCUT2D eigenvalue weighted by Gasteiger charge is -2.28. The van der Waals surface area contributed by atoms with Crippen molar-refractivity contribution in [1.82, 2.24) is 0 Å². The smallest absolute Gasteiger partial charge is 0.143 e. The number of anilines is 6. The summed E-state index contributed by atoms with van der Waals surface area (Å²) in [5.41, 5.74) is 35.2. The highest BCUT2D eigenvalue weighted by Gasteiger charge is 2.27. The molecule has 0 fully saturated rings.